The first-order chi connectivity index (χ1) is 15.7. The topological polar surface area (TPSA) is 88.2 Å². The fourth-order valence-corrected chi connectivity index (χ4v) is 6.51. The van der Waals surface area contributed by atoms with E-state index >= 15 is 0 Å². The minimum Gasteiger partial charge on any atom is -0.438 e. The van der Waals surface area contributed by atoms with E-state index in [1.165, 1.54) is 45.1 Å². The first kappa shape index (κ1) is 24.0. The first-order valence-electron chi connectivity index (χ1n) is 10.7. The Balaban J connectivity index is 1.52. The van der Waals surface area contributed by atoms with Crippen molar-refractivity contribution in [1.82, 2.24) is 15.1 Å². The highest BCUT2D eigenvalue weighted by Crippen LogP contribution is 2.34. The average molecular weight is 512 g/mol. The second-order valence-electron chi connectivity index (χ2n) is 8.40. The number of thiophene rings is 2. The Morgan fingerprint density at radius 1 is 1.18 bits per heavy atom. The fraction of sp³-hybridized carbons (Fsp3) is 0.500. The van der Waals surface area contributed by atoms with Crippen molar-refractivity contribution in [3.63, 3.8) is 0 Å². The molecule has 1 saturated heterocycles. The Kier molecular flexibility index (Phi) is 7.28. The number of amides is 2. The first-order valence-corrected chi connectivity index (χ1v) is 12.7. The second-order valence-corrected chi connectivity index (χ2v) is 11.2. The number of likely N-dealkylation sites (N-methyl/N-ethyl adjacent to an activating group) is 1. The zero-order valence-corrected chi connectivity index (χ0v) is 21.0. The van der Waals surface area contributed by atoms with E-state index < -0.39 is 12.4 Å². The third kappa shape index (κ3) is 5.34. The van der Waals surface area contributed by atoms with E-state index in [-0.39, 0.29) is 30.8 Å². The number of methoxy groups -OCH3 is 1. The Morgan fingerprint density at radius 3 is 2.67 bits per heavy atom. The highest BCUT2D eigenvalue weighted by atomic mass is 35.5. The maximum absolute atomic E-state index is 13.5. The molecule has 1 fully saturated rings. The highest BCUT2D eigenvalue weighted by molar-refractivity contribution is 7.18. The average Bonchev–Trinajstić information content (AvgIpc) is 3.48. The molecule has 8 nitrogen and oxygen atoms in total. The molecule has 0 bridgehead atoms. The van der Waals surface area contributed by atoms with E-state index in [1.807, 2.05) is 6.07 Å². The molecule has 0 radical (unpaired) electrons. The molecule has 2 aliphatic heterocycles. The number of hydrogen-bond donors (Lipinski definition) is 1. The number of hydrogen-bond acceptors (Lipinski definition) is 8. The van der Waals surface area contributed by atoms with Gasteiger partial charge in [0.1, 0.15) is 0 Å². The summed E-state index contributed by atoms with van der Waals surface area (Å²) < 4.78 is 10.5. The van der Waals surface area contributed by atoms with Crippen LogP contribution in [0, 0.1) is 0 Å². The van der Waals surface area contributed by atoms with Gasteiger partial charge in [0.15, 0.2) is 6.23 Å². The molecular weight excluding hydrogens is 486 g/mol. The van der Waals surface area contributed by atoms with Crippen LogP contribution in [0.2, 0.25) is 4.34 Å². The number of nitrogens with one attached hydrogen (secondary N) is 1. The van der Waals surface area contributed by atoms with Gasteiger partial charge in [0.05, 0.1) is 27.2 Å². The monoisotopic (exact) mass is 511 g/mol. The molecule has 4 heterocycles. The van der Waals surface area contributed by atoms with Gasteiger partial charge in [-0.05, 0) is 43.1 Å². The van der Waals surface area contributed by atoms with Crippen molar-refractivity contribution in [2.24, 2.45) is 0 Å². The van der Waals surface area contributed by atoms with Gasteiger partial charge in [-0.25, -0.2) is 4.79 Å². The summed E-state index contributed by atoms with van der Waals surface area (Å²) in [6.45, 7) is 4.29. The Labute approximate surface area is 205 Å². The Hall–Kier alpha value is -2.14. The summed E-state index contributed by atoms with van der Waals surface area (Å²) in [6, 6.07) is 4.91. The SMILES string of the molecule is COC(=O)O[C@H]1C[C@@H](NC(=O)c2ccc(Cl)s2)CN1C(=O)c1cc2c(s1)CCN(C)CC2C. The summed E-state index contributed by atoms with van der Waals surface area (Å²) in [5.41, 5.74) is 1.21. The summed E-state index contributed by atoms with van der Waals surface area (Å²) in [4.78, 5) is 44.0. The summed E-state index contributed by atoms with van der Waals surface area (Å²) in [6.07, 6.45) is -0.517. The van der Waals surface area contributed by atoms with Gasteiger partial charge in [-0.15, -0.1) is 22.7 Å². The predicted octanol–water partition coefficient (Wildman–Crippen LogP) is 3.81. The zero-order chi connectivity index (χ0) is 23.7. The van der Waals surface area contributed by atoms with Crippen LogP contribution < -0.4 is 5.32 Å². The van der Waals surface area contributed by atoms with Gasteiger partial charge < -0.3 is 19.7 Å². The van der Waals surface area contributed by atoms with E-state index in [0.29, 0.717) is 20.0 Å². The molecule has 2 aromatic rings. The van der Waals surface area contributed by atoms with Crippen LogP contribution in [0.25, 0.3) is 0 Å². The molecule has 0 saturated carbocycles. The zero-order valence-electron chi connectivity index (χ0n) is 18.6. The lowest BCUT2D eigenvalue weighted by molar-refractivity contribution is -0.0145. The normalized spacial score (nSPS) is 23.0. The second kappa shape index (κ2) is 10.0. The third-order valence-electron chi connectivity index (χ3n) is 5.93. The molecule has 2 aliphatic rings. The Bertz CT molecular complexity index is 1050. The summed E-state index contributed by atoms with van der Waals surface area (Å²) in [7, 11) is 3.33. The maximum atomic E-state index is 13.5. The summed E-state index contributed by atoms with van der Waals surface area (Å²) in [5.74, 6) is -0.155. The third-order valence-corrected chi connectivity index (χ3v) is 8.36. The van der Waals surface area contributed by atoms with Gasteiger partial charge in [0.2, 0.25) is 0 Å². The number of ether oxygens (including phenoxy) is 2. The van der Waals surface area contributed by atoms with Crippen LogP contribution in [-0.4, -0.2) is 73.8 Å². The van der Waals surface area contributed by atoms with Gasteiger partial charge in [0.25, 0.3) is 11.8 Å². The van der Waals surface area contributed by atoms with Crippen molar-refractivity contribution in [3.8, 4) is 0 Å². The predicted molar refractivity (Wildman–Crippen MR) is 127 cm³/mol. The highest BCUT2D eigenvalue weighted by Gasteiger charge is 2.40. The number of fused-ring (bicyclic) bond motifs is 1. The lowest BCUT2D eigenvalue weighted by atomic mass is 10.0. The van der Waals surface area contributed by atoms with Crippen LogP contribution in [0.4, 0.5) is 4.79 Å². The molecule has 3 atom stereocenters. The number of carbonyl (C=O) groups is 3. The van der Waals surface area contributed by atoms with Crippen molar-refractivity contribution in [2.75, 3.05) is 33.8 Å². The molecule has 1 N–H and O–H groups in total. The Morgan fingerprint density at radius 2 is 1.97 bits per heavy atom. The minimum atomic E-state index is -0.867. The van der Waals surface area contributed by atoms with Crippen LogP contribution in [0.3, 0.4) is 0 Å². The van der Waals surface area contributed by atoms with E-state index in [4.69, 9.17) is 16.3 Å². The van der Waals surface area contributed by atoms with Gasteiger partial charge in [-0.2, -0.15) is 0 Å². The quantitative estimate of drug-likeness (QED) is 0.628. The van der Waals surface area contributed by atoms with Crippen LogP contribution in [0.5, 0.6) is 0 Å². The smallest absolute Gasteiger partial charge is 0.438 e. The lowest BCUT2D eigenvalue weighted by Gasteiger charge is -2.23. The van der Waals surface area contributed by atoms with Gasteiger partial charge in [-0.3, -0.25) is 14.5 Å². The van der Waals surface area contributed by atoms with Gasteiger partial charge in [0, 0.05) is 30.9 Å². The van der Waals surface area contributed by atoms with Crippen molar-refractivity contribution in [3.05, 3.63) is 42.7 Å². The van der Waals surface area contributed by atoms with Crippen LogP contribution in [-0.2, 0) is 15.9 Å². The number of nitrogens with zero attached hydrogens (tertiary/aromatic N) is 2. The van der Waals surface area contributed by atoms with Gasteiger partial charge in [-0.1, -0.05) is 18.5 Å². The maximum Gasteiger partial charge on any atom is 0.509 e. The van der Waals surface area contributed by atoms with E-state index in [9.17, 15) is 14.4 Å². The molecule has 4 rings (SSSR count). The van der Waals surface area contributed by atoms with Crippen molar-refractivity contribution >= 4 is 52.2 Å². The van der Waals surface area contributed by atoms with Crippen molar-refractivity contribution in [1.29, 1.82) is 0 Å². The molecule has 0 spiro atoms. The van der Waals surface area contributed by atoms with Crippen LogP contribution in [0.1, 0.15) is 49.0 Å². The standard InChI is InChI=1S/C22H26ClN3O5S2/c1-12-10-25(2)7-6-15-14(12)9-17(32-15)21(28)26-11-13(8-19(26)31-22(29)30-3)24-20(27)16-4-5-18(23)33-16/h4-5,9,12-13,19H,6-8,10-11H2,1-3H3,(H,24,27)/t12?,13-,19+/m1/s1. The fourth-order valence-electron chi connectivity index (χ4n) is 4.33. The number of likely N-dealkylation sites (tertiary alicyclic amines) is 1. The van der Waals surface area contributed by atoms with E-state index in [0.717, 1.165) is 19.5 Å². The van der Waals surface area contributed by atoms with Gasteiger partial charge >= 0.3 is 6.16 Å². The lowest BCUT2D eigenvalue weighted by Crippen LogP contribution is -2.40. The molecule has 0 aromatic carbocycles. The number of carbonyl (C=O) groups excluding carboxylic acids is 3. The van der Waals surface area contributed by atoms with Crippen LogP contribution >= 0.6 is 34.3 Å². The molecule has 1 unspecified atom stereocenters. The number of rotatable bonds is 4. The molecular formula is C22H26ClN3O5S2. The van der Waals surface area contributed by atoms with Crippen molar-refractivity contribution < 1.29 is 23.9 Å². The van der Waals surface area contributed by atoms with E-state index in [1.54, 1.807) is 12.1 Å². The number of halogens is 1. The molecule has 2 aromatic heterocycles. The van der Waals surface area contributed by atoms with E-state index in [2.05, 4.69) is 28.9 Å². The summed E-state index contributed by atoms with van der Waals surface area (Å²) >= 11 is 8.62. The summed E-state index contributed by atoms with van der Waals surface area (Å²) in [5, 5.41) is 2.92. The molecule has 2 amide bonds. The minimum absolute atomic E-state index is 0.210. The largest absolute Gasteiger partial charge is 0.509 e. The molecule has 11 heteroatoms. The molecule has 178 valence electrons. The molecule has 0 aliphatic carbocycles. The molecule has 33 heavy (non-hydrogen) atoms. The van der Waals surface area contributed by atoms with Crippen LogP contribution in [0.15, 0.2) is 18.2 Å². The van der Waals surface area contributed by atoms with Crippen molar-refractivity contribution in [2.45, 2.75) is 38.0 Å².